The quantitative estimate of drug-likeness (QED) is 0.387. The van der Waals surface area contributed by atoms with Crippen LogP contribution in [-0.4, -0.2) is 24.2 Å². The molecule has 0 radical (unpaired) electrons. The molecule has 0 saturated heterocycles. The Labute approximate surface area is 137 Å². The van der Waals surface area contributed by atoms with Crippen LogP contribution in [0.25, 0.3) is 17.0 Å². The van der Waals surface area contributed by atoms with Crippen molar-refractivity contribution >= 4 is 34.6 Å². The summed E-state index contributed by atoms with van der Waals surface area (Å²) < 4.78 is 5.07. The highest BCUT2D eigenvalue weighted by Crippen LogP contribution is 2.35. The van der Waals surface area contributed by atoms with Crippen LogP contribution in [0.1, 0.15) is 5.69 Å². The van der Waals surface area contributed by atoms with Crippen LogP contribution >= 0.6 is 23.2 Å². The standard InChI is InChI=1S/C14H13Cl2N3O3/c1-7(20-2)13-12(16)9(17)6-10(18-13)8-4-5-11(15)19-14(8)22-21-3/h4-6H,1H2,2-3H3,(H2,17,18). The van der Waals surface area contributed by atoms with Crippen molar-refractivity contribution in [3.63, 3.8) is 0 Å². The van der Waals surface area contributed by atoms with Gasteiger partial charge in [-0.3, -0.25) is 0 Å². The third kappa shape index (κ3) is 3.24. The van der Waals surface area contributed by atoms with Crippen LogP contribution in [0, 0.1) is 0 Å². The van der Waals surface area contributed by atoms with Crippen molar-refractivity contribution in [2.45, 2.75) is 0 Å². The van der Waals surface area contributed by atoms with Crippen LogP contribution in [0.4, 0.5) is 5.69 Å². The summed E-state index contributed by atoms with van der Waals surface area (Å²) >= 11 is 12.0. The maximum atomic E-state index is 6.13. The van der Waals surface area contributed by atoms with Gasteiger partial charge in [0, 0.05) is 0 Å². The van der Waals surface area contributed by atoms with Crippen LogP contribution < -0.4 is 10.6 Å². The Balaban J connectivity index is 2.63. The van der Waals surface area contributed by atoms with Gasteiger partial charge in [0.15, 0.2) is 0 Å². The van der Waals surface area contributed by atoms with Crippen LogP contribution in [0.5, 0.6) is 5.88 Å². The Morgan fingerprint density at radius 1 is 1.23 bits per heavy atom. The van der Waals surface area contributed by atoms with Gasteiger partial charge in [-0.1, -0.05) is 29.8 Å². The molecule has 0 aliphatic carbocycles. The Bertz CT molecular complexity index is 723. The lowest BCUT2D eigenvalue weighted by molar-refractivity contribution is -0.181. The molecule has 116 valence electrons. The minimum absolute atomic E-state index is 0.151. The van der Waals surface area contributed by atoms with E-state index in [-0.39, 0.29) is 21.8 Å². The third-order valence-corrected chi connectivity index (χ3v) is 3.37. The van der Waals surface area contributed by atoms with Gasteiger partial charge in [0.1, 0.15) is 16.6 Å². The Hall–Kier alpha value is -2.02. The van der Waals surface area contributed by atoms with Gasteiger partial charge < -0.3 is 15.4 Å². The summed E-state index contributed by atoms with van der Waals surface area (Å²) in [4.78, 5) is 18.1. The number of ether oxygens (including phenoxy) is 1. The molecule has 2 heterocycles. The predicted octanol–water partition coefficient (Wildman–Crippen LogP) is 3.59. The van der Waals surface area contributed by atoms with E-state index in [2.05, 4.69) is 21.4 Å². The summed E-state index contributed by atoms with van der Waals surface area (Å²) in [5.41, 5.74) is 7.56. The molecule has 0 aliphatic rings. The molecule has 0 amide bonds. The Morgan fingerprint density at radius 2 is 1.95 bits per heavy atom. The highest BCUT2D eigenvalue weighted by molar-refractivity contribution is 6.34. The molecule has 0 aliphatic heterocycles. The highest BCUT2D eigenvalue weighted by Gasteiger charge is 2.17. The largest absolute Gasteiger partial charge is 0.495 e. The van der Waals surface area contributed by atoms with Gasteiger partial charge in [0.05, 0.1) is 36.2 Å². The zero-order chi connectivity index (χ0) is 16.3. The number of rotatable bonds is 5. The lowest BCUT2D eigenvalue weighted by Gasteiger charge is -2.12. The zero-order valence-electron chi connectivity index (χ0n) is 11.9. The van der Waals surface area contributed by atoms with Gasteiger partial charge in [0.2, 0.25) is 0 Å². The smallest absolute Gasteiger partial charge is 0.267 e. The van der Waals surface area contributed by atoms with Gasteiger partial charge in [-0.25, -0.2) is 4.98 Å². The van der Waals surface area contributed by atoms with Gasteiger partial charge in [-0.05, 0) is 18.2 Å². The lowest BCUT2D eigenvalue weighted by atomic mass is 10.1. The fraction of sp³-hybridized carbons (Fsp3) is 0.143. The number of pyridine rings is 2. The average Bonchev–Trinajstić information content (AvgIpc) is 2.50. The average molecular weight is 342 g/mol. The number of halogens is 2. The first-order chi connectivity index (χ1) is 10.5. The Kier molecular flexibility index (Phi) is 5.07. The molecule has 22 heavy (non-hydrogen) atoms. The molecule has 2 N–H and O–H groups in total. The monoisotopic (exact) mass is 341 g/mol. The first-order valence-corrected chi connectivity index (χ1v) is 6.80. The van der Waals surface area contributed by atoms with E-state index in [0.29, 0.717) is 22.6 Å². The van der Waals surface area contributed by atoms with Crippen molar-refractivity contribution in [1.29, 1.82) is 0 Å². The molecule has 0 spiro atoms. The van der Waals surface area contributed by atoms with Crippen LogP contribution in [-0.2, 0) is 9.62 Å². The fourth-order valence-corrected chi connectivity index (χ4v) is 2.07. The molecule has 0 saturated carbocycles. The zero-order valence-corrected chi connectivity index (χ0v) is 13.4. The number of hydrogen-bond donors (Lipinski definition) is 1. The second-order valence-corrected chi connectivity index (χ2v) is 4.89. The van der Waals surface area contributed by atoms with E-state index in [0.717, 1.165) is 0 Å². The number of hydrogen-bond acceptors (Lipinski definition) is 6. The molecule has 8 heteroatoms. The predicted molar refractivity (Wildman–Crippen MR) is 85.6 cm³/mol. The summed E-state index contributed by atoms with van der Waals surface area (Å²) in [5, 5.41) is 0.506. The normalized spacial score (nSPS) is 10.4. The number of nitrogens with two attached hydrogens (primary N) is 1. The fourth-order valence-electron chi connectivity index (χ4n) is 1.72. The topological polar surface area (TPSA) is 79.5 Å². The van der Waals surface area contributed by atoms with Crippen LogP contribution in [0.3, 0.4) is 0 Å². The number of aromatic nitrogens is 2. The maximum absolute atomic E-state index is 6.13. The molecule has 2 aromatic rings. The Morgan fingerprint density at radius 3 is 2.59 bits per heavy atom. The first-order valence-electron chi connectivity index (χ1n) is 6.04. The first kappa shape index (κ1) is 16.4. The van der Waals surface area contributed by atoms with Gasteiger partial charge in [0.25, 0.3) is 5.88 Å². The lowest BCUT2D eigenvalue weighted by Crippen LogP contribution is -2.02. The number of nitrogen functional groups attached to an aromatic ring is 1. The molecule has 0 fully saturated rings. The van der Waals surface area contributed by atoms with Crippen molar-refractivity contribution in [2.24, 2.45) is 0 Å². The van der Waals surface area contributed by atoms with Gasteiger partial charge in [-0.15, -0.1) is 0 Å². The van der Waals surface area contributed by atoms with Crippen molar-refractivity contribution in [3.8, 4) is 17.1 Å². The molecule has 6 nitrogen and oxygen atoms in total. The van der Waals surface area contributed by atoms with Crippen LogP contribution in [0.2, 0.25) is 10.2 Å². The van der Waals surface area contributed by atoms with E-state index in [1.54, 1.807) is 18.2 Å². The van der Waals surface area contributed by atoms with Crippen molar-refractivity contribution in [1.82, 2.24) is 9.97 Å². The molecule has 2 aromatic heterocycles. The minimum atomic E-state index is 0.151. The van der Waals surface area contributed by atoms with E-state index < -0.39 is 0 Å². The molecule has 0 unspecified atom stereocenters. The summed E-state index contributed by atoms with van der Waals surface area (Å²) in [6.45, 7) is 3.74. The molecule has 0 bridgehead atoms. The summed E-state index contributed by atoms with van der Waals surface area (Å²) in [5.74, 6) is 0.438. The molecule has 2 rings (SSSR count). The molecular formula is C14H13Cl2N3O3. The van der Waals surface area contributed by atoms with E-state index in [4.69, 9.17) is 38.6 Å². The highest BCUT2D eigenvalue weighted by atomic mass is 35.5. The molecule has 0 aromatic carbocycles. The minimum Gasteiger partial charge on any atom is -0.495 e. The van der Waals surface area contributed by atoms with Gasteiger partial charge >= 0.3 is 0 Å². The maximum Gasteiger partial charge on any atom is 0.267 e. The summed E-state index contributed by atoms with van der Waals surface area (Å²) in [6, 6.07) is 4.86. The second kappa shape index (κ2) is 6.83. The van der Waals surface area contributed by atoms with Crippen molar-refractivity contribution in [3.05, 3.63) is 40.6 Å². The van der Waals surface area contributed by atoms with E-state index in [9.17, 15) is 0 Å². The number of anilines is 1. The molecular weight excluding hydrogens is 329 g/mol. The summed E-state index contributed by atoms with van der Waals surface area (Å²) in [7, 11) is 2.82. The SMILES string of the molecule is C=C(OC)c1nc(-c2ccc(Cl)nc2OOC)cc(N)c1Cl. The number of nitrogens with zero attached hydrogens (tertiary/aromatic N) is 2. The van der Waals surface area contributed by atoms with Crippen molar-refractivity contribution < 1.29 is 14.5 Å². The number of methoxy groups -OCH3 is 1. The third-order valence-electron chi connectivity index (χ3n) is 2.76. The van der Waals surface area contributed by atoms with E-state index in [1.165, 1.54) is 14.2 Å². The second-order valence-electron chi connectivity index (χ2n) is 4.12. The van der Waals surface area contributed by atoms with Crippen molar-refractivity contribution in [2.75, 3.05) is 20.0 Å². The van der Waals surface area contributed by atoms with Crippen LogP contribution in [0.15, 0.2) is 24.8 Å². The van der Waals surface area contributed by atoms with E-state index >= 15 is 0 Å². The van der Waals surface area contributed by atoms with E-state index in [1.807, 2.05) is 0 Å². The summed E-state index contributed by atoms with van der Waals surface area (Å²) in [6.07, 6.45) is 0. The van der Waals surface area contributed by atoms with Gasteiger partial charge in [-0.2, -0.15) is 9.87 Å². The molecule has 0 atom stereocenters.